The van der Waals surface area contributed by atoms with E-state index >= 15 is 0 Å². The van der Waals surface area contributed by atoms with Gasteiger partial charge in [0.15, 0.2) is 5.69 Å². The molecule has 1 heterocycles. The molecule has 0 aliphatic heterocycles. The van der Waals surface area contributed by atoms with Crippen molar-refractivity contribution in [1.82, 2.24) is 9.97 Å². The fourth-order valence-corrected chi connectivity index (χ4v) is 0.822. The van der Waals surface area contributed by atoms with E-state index in [0.717, 1.165) is 0 Å². The first-order valence-corrected chi connectivity index (χ1v) is 4.32. The molecule has 0 saturated heterocycles. The Balaban J connectivity index is 2.52. The van der Waals surface area contributed by atoms with Crippen LogP contribution in [0, 0.1) is 17.2 Å². The monoisotopic (exact) mass is 206 g/mol. The van der Waals surface area contributed by atoms with Gasteiger partial charge >= 0.3 is 5.97 Å². The highest BCUT2D eigenvalue weighted by molar-refractivity contribution is 5.70. The fourth-order valence-electron chi connectivity index (χ4n) is 0.822. The Morgan fingerprint density at radius 1 is 1.67 bits per heavy atom. The van der Waals surface area contributed by atoms with Crippen LogP contribution in [0.15, 0.2) is 12.4 Å². The van der Waals surface area contributed by atoms with Crippen molar-refractivity contribution in [3.05, 3.63) is 18.1 Å². The predicted octanol–water partition coefficient (Wildman–Crippen LogP) is 0.481. The number of carbonyl (C=O) groups is 1. The number of nitriles is 1. The molecule has 0 saturated carbocycles. The molecule has 0 aliphatic rings. The molecule has 0 aliphatic carbocycles. The van der Waals surface area contributed by atoms with Gasteiger partial charge in [-0.05, 0) is 0 Å². The topological polar surface area (TPSA) is 98.9 Å². The molecule has 15 heavy (non-hydrogen) atoms. The number of hydrogen-bond acceptors (Lipinski definition) is 5. The van der Waals surface area contributed by atoms with Crippen molar-refractivity contribution >= 4 is 11.8 Å². The summed E-state index contributed by atoms with van der Waals surface area (Å²) in [5.74, 6) is -0.909. The molecule has 0 aromatic carbocycles. The van der Waals surface area contributed by atoms with Crippen molar-refractivity contribution < 1.29 is 9.90 Å². The number of aromatic nitrogens is 2. The Kier molecular flexibility index (Phi) is 3.57. The van der Waals surface area contributed by atoms with Crippen LogP contribution < -0.4 is 5.32 Å². The molecule has 1 unspecified atom stereocenters. The maximum Gasteiger partial charge on any atom is 0.308 e. The van der Waals surface area contributed by atoms with E-state index in [0.29, 0.717) is 5.82 Å². The van der Waals surface area contributed by atoms with Crippen LogP contribution in [-0.4, -0.2) is 27.6 Å². The largest absolute Gasteiger partial charge is 0.481 e. The van der Waals surface area contributed by atoms with E-state index < -0.39 is 11.9 Å². The lowest BCUT2D eigenvalue weighted by molar-refractivity contribution is -0.140. The Labute approximate surface area is 86.6 Å². The van der Waals surface area contributed by atoms with Gasteiger partial charge < -0.3 is 10.4 Å². The quantitative estimate of drug-likeness (QED) is 0.743. The Morgan fingerprint density at radius 3 is 2.87 bits per heavy atom. The van der Waals surface area contributed by atoms with Crippen LogP contribution >= 0.6 is 0 Å². The van der Waals surface area contributed by atoms with Crippen molar-refractivity contribution in [3.63, 3.8) is 0 Å². The molecule has 78 valence electrons. The highest BCUT2D eigenvalue weighted by Crippen LogP contribution is 2.02. The summed E-state index contributed by atoms with van der Waals surface area (Å²) >= 11 is 0. The Bertz CT molecular complexity index is 382. The summed E-state index contributed by atoms with van der Waals surface area (Å²) in [6.07, 6.45) is 2.72. The van der Waals surface area contributed by atoms with Crippen molar-refractivity contribution in [2.24, 2.45) is 5.92 Å². The molecule has 1 aromatic rings. The normalized spacial score (nSPS) is 11.5. The third-order valence-electron chi connectivity index (χ3n) is 1.78. The lowest BCUT2D eigenvalue weighted by Gasteiger charge is -2.07. The predicted molar refractivity (Wildman–Crippen MR) is 52.0 cm³/mol. The molecule has 0 fully saturated rings. The van der Waals surface area contributed by atoms with Gasteiger partial charge in [-0.2, -0.15) is 5.26 Å². The average Bonchev–Trinajstić information content (AvgIpc) is 2.26. The summed E-state index contributed by atoms with van der Waals surface area (Å²) < 4.78 is 0. The SMILES string of the molecule is CC(CNc1cnc(C#N)cn1)C(=O)O. The lowest BCUT2D eigenvalue weighted by atomic mass is 10.2. The molecule has 1 atom stereocenters. The third kappa shape index (κ3) is 3.23. The summed E-state index contributed by atoms with van der Waals surface area (Å²) in [6.45, 7) is 1.86. The maximum atomic E-state index is 10.5. The lowest BCUT2D eigenvalue weighted by Crippen LogP contribution is -2.20. The minimum atomic E-state index is -0.871. The number of aliphatic carboxylic acids is 1. The van der Waals surface area contributed by atoms with E-state index in [9.17, 15) is 4.79 Å². The number of carboxylic acid groups (broad SMARTS) is 1. The van der Waals surface area contributed by atoms with Crippen LogP contribution in [0.5, 0.6) is 0 Å². The van der Waals surface area contributed by atoms with Crippen molar-refractivity contribution in [1.29, 1.82) is 5.26 Å². The minimum absolute atomic E-state index is 0.229. The summed E-state index contributed by atoms with van der Waals surface area (Å²) in [5.41, 5.74) is 0.229. The van der Waals surface area contributed by atoms with Crippen LogP contribution in [0.2, 0.25) is 0 Å². The van der Waals surface area contributed by atoms with E-state index in [1.165, 1.54) is 12.4 Å². The van der Waals surface area contributed by atoms with Crippen LogP contribution in [0.1, 0.15) is 12.6 Å². The van der Waals surface area contributed by atoms with E-state index in [1.54, 1.807) is 6.92 Å². The van der Waals surface area contributed by atoms with E-state index in [1.807, 2.05) is 6.07 Å². The number of rotatable bonds is 4. The van der Waals surface area contributed by atoms with Gasteiger partial charge in [0.25, 0.3) is 0 Å². The summed E-state index contributed by atoms with van der Waals surface area (Å²) in [6, 6.07) is 1.84. The molecule has 1 aromatic heterocycles. The minimum Gasteiger partial charge on any atom is -0.481 e. The van der Waals surface area contributed by atoms with E-state index in [2.05, 4.69) is 15.3 Å². The molecule has 6 nitrogen and oxygen atoms in total. The zero-order chi connectivity index (χ0) is 11.3. The van der Waals surface area contributed by atoms with Gasteiger partial charge in [-0.3, -0.25) is 4.79 Å². The average molecular weight is 206 g/mol. The molecular formula is C9H10N4O2. The highest BCUT2D eigenvalue weighted by atomic mass is 16.4. The third-order valence-corrected chi connectivity index (χ3v) is 1.78. The summed E-state index contributed by atoms with van der Waals surface area (Å²) in [4.78, 5) is 18.2. The molecule has 2 N–H and O–H groups in total. The van der Waals surface area contributed by atoms with Gasteiger partial charge in [0.1, 0.15) is 11.9 Å². The van der Waals surface area contributed by atoms with Crippen LogP contribution in [0.25, 0.3) is 0 Å². The first kappa shape index (κ1) is 10.9. The number of hydrogen-bond donors (Lipinski definition) is 2. The van der Waals surface area contributed by atoms with Gasteiger partial charge in [-0.25, -0.2) is 9.97 Å². The molecular weight excluding hydrogens is 196 g/mol. The van der Waals surface area contributed by atoms with E-state index in [4.69, 9.17) is 10.4 Å². The molecule has 0 radical (unpaired) electrons. The smallest absolute Gasteiger partial charge is 0.308 e. The van der Waals surface area contributed by atoms with Gasteiger partial charge in [0.2, 0.25) is 0 Å². The maximum absolute atomic E-state index is 10.5. The first-order valence-electron chi connectivity index (χ1n) is 4.32. The Hall–Kier alpha value is -2.16. The highest BCUT2D eigenvalue weighted by Gasteiger charge is 2.10. The second-order valence-electron chi connectivity index (χ2n) is 3.02. The van der Waals surface area contributed by atoms with Crippen LogP contribution in [-0.2, 0) is 4.79 Å². The number of nitrogens with one attached hydrogen (secondary N) is 1. The Morgan fingerprint density at radius 2 is 2.40 bits per heavy atom. The van der Waals surface area contributed by atoms with Crippen LogP contribution in [0.4, 0.5) is 5.82 Å². The van der Waals surface area contributed by atoms with Gasteiger partial charge in [0.05, 0.1) is 18.3 Å². The number of anilines is 1. The van der Waals surface area contributed by atoms with Crippen molar-refractivity contribution in [3.8, 4) is 6.07 Å². The van der Waals surface area contributed by atoms with Gasteiger partial charge in [-0.1, -0.05) is 6.92 Å². The molecule has 0 amide bonds. The fraction of sp³-hybridized carbons (Fsp3) is 0.333. The van der Waals surface area contributed by atoms with Crippen molar-refractivity contribution in [2.45, 2.75) is 6.92 Å². The molecule has 1 rings (SSSR count). The second kappa shape index (κ2) is 4.91. The zero-order valence-electron chi connectivity index (χ0n) is 8.14. The van der Waals surface area contributed by atoms with Crippen LogP contribution in [0.3, 0.4) is 0 Å². The first-order chi connectivity index (χ1) is 7.13. The molecule has 6 heteroatoms. The molecule has 0 bridgehead atoms. The van der Waals surface area contributed by atoms with Gasteiger partial charge in [0, 0.05) is 6.54 Å². The number of nitrogens with zero attached hydrogens (tertiary/aromatic N) is 3. The van der Waals surface area contributed by atoms with Gasteiger partial charge in [-0.15, -0.1) is 0 Å². The zero-order valence-corrected chi connectivity index (χ0v) is 8.14. The standard InChI is InChI=1S/C9H10N4O2/c1-6(9(14)15)3-12-8-5-11-7(2-10)4-13-8/h4-6H,3H2,1H3,(H,12,13)(H,14,15). The van der Waals surface area contributed by atoms with Crippen molar-refractivity contribution in [2.75, 3.05) is 11.9 Å². The molecule has 0 spiro atoms. The summed E-state index contributed by atoms with van der Waals surface area (Å²) in [7, 11) is 0. The number of carboxylic acids is 1. The second-order valence-corrected chi connectivity index (χ2v) is 3.02. The van der Waals surface area contributed by atoms with E-state index in [-0.39, 0.29) is 12.2 Å². The summed E-state index contributed by atoms with van der Waals surface area (Å²) in [5, 5.41) is 19.9.